The first-order valence-electron chi connectivity index (χ1n) is 10.3. The van der Waals surface area contributed by atoms with Gasteiger partial charge in [0.2, 0.25) is 0 Å². The summed E-state index contributed by atoms with van der Waals surface area (Å²) in [5, 5.41) is 12.3. The Labute approximate surface area is 188 Å². The van der Waals surface area contributed by atoms with Crippen LogP contribution in [0.25, 0.3) is 10.9 Å². The lowest BCUT2D eigenvalue weighted by Gasteiger charge is -2.15. The molecule has 0 aliphatic carbocycles. The lowest BCUT2D eigenvalue weighted by molar-refractivity contribution is -0.141. The molecule has 8 nitrogen and oxygen atoms in total. The van der Waals surface area contributed by atoms with E-state index in [9.17, 15) is 19.5 Å². The molecule has 0 spiro atoms. The molecule has 1 aromatic heterocycles. The standard InChI is InChI=1S/C23H23N3O5S/c27-21(25-19(23(29)30)14-32-13-15-5-2-1-3-6-15)12-31-16-8-9-18-17(11-16)22(28)26-10-4-7-20(26)24-18/h1-3,5-6,8-9,11,19H,4,7,10,12-14H2,(H,25,27)(H,29,30)/t19-/m0/s1. The van der Waals surface area contributed by atoms with E-state index in [2.05, 4.69) is 10.3 Å². The Bertz CT molecular complexity index is 1200. The van der Waals surface area contributed by atoms with E-state index in [0.29, 0.717) is 29.0 Å². The zero-order valence-electron chi connectivity index (χ0n) is 17.3. The largest absolute Gasteiger partial charge is 0.484 e. The van der Waals surface area contributed by atoms with E-state index in [-0.39, 0.29) is 17.9 Å². The molecule has 1 aliphatic heterocycles. The average molecular weight is 454 g/mol. The van der Waals surface area contributed by atoms with Gasteiger partial charge in [0.05, 0.1) is 10.9 Å². The number of carboxylic acids is 1. The summed E-state index contributed by atoms with van der Waals surface area (Å²) in [6, 6.07) is 13.6. The maximum atomic E-state index is 12.7. The minimum atomic E-state index is -1.10. The molecule has 3 aromatic rings. The third kappa shape index (κ3) is 5.11. The summed E-state index contributed by atoms with van der Waals surface area (Å²) in [5.41, 5.74) is 1.57. The van der Waals surface area contributed by atoms with Gasteiger partial charge in [-0.25, -0.2) is 9.78 Å². The summed E-state index contributed by atoms with van der Waals surface area (Å²) in [5.74, 6) is 0.399. The van der Waals surface area contributed by atoms with Crippen molar-refractivity contribution < 1.29 is 19.4 Å². The summed E-state index contributed by atoms with van der Waals surface area (Å²) in [7, 11) is 0. The molecule has 0 saturated heterocycles. The number of aryl methyl sites for hydroxylation is 1. The highest BCUT2D eigenvalue weighted by molar-refractivity contribution is 7.98. The highest BCUT2D eigenvalue weighted by Gasteiger charge is 2.20. The summed E-state index contributed by atoms with van der Waals surface area (Å²) in [6.45, 7) is 0.307. The molecule has 4 rings (SSSR count). The van der Waals surface area contributed by atoms with E-state index in [1.54, 1.807) is 22.8 Å². The molecule has 0 radical (unpaired) electrons. The molecule has 2 aromatic carbocycles. The average Bonchev–Trinajstić information content (AvgIpc) is 3.27. The lowest BCUT2D eigenvalue weighted by Crippen LogP contribution is -2.44. The number of nitrogens with zero attached hydrogens (tertiary/aromatic N) is 2. The Morgan fingerprint density at radius 1 is 1.22 bits per heavy atom. The van der Waals surface area contributed by atoms with Gasteiger partial charge in [-0.3, -0.25) is 14.2 Å². The van der Waals surface area contributed by atoms with Crippen LogP contribution in [0.15, 0.2) is 53.3 Å². The fraction of sp³-hybridized carbons (Fsp3) is 0.304. The summed E-state index contributed by atoms with van der Waals surface area (Å²) < 4.78 is 7.19. The normalized spacial score (nSPS) is 13.5. The third-order valence-electron chi connectivity index (χ3n) is 5.19. The summed E-state index contributed by atoms with van der Waals surface area (Å²) in [4.78, 5) is 41.0. The van der Waals surface area contributed by atoms with Crippen LogP contribution in [0.5, 0.6) is 5.75 Å². The number of rotatable bonds is 9. The SMILES string of the molecule is O=C(COc1ccc2nc3n(c(=O)c2c1)CCC3)N[C@@H](CSCc1ccccc1)C(=O)O. The Hall–Kier alpha value is -3.33. The fourth-order valence-electron chi connectivity index (χ4n) is 3.58. The van der Waals surface area contributed by atoms with Gasteiger partial charge in [-0.2, -0.15) is 11.8 Å². The van der Waals surface area contributed by atoms with E-state index in [1.165, 1.54) is 11.8 Å². The number of carbonyl (C=O) groups is 2. The molecular weight excluding hydrogens is 430 g/mol. The highest BCUT2D eigenvalue weighted by atomic mass is 32.2. The summed E-state index contributed by atoms with van der Waals surface area (Å²) >= 11 is 1.43. The molecule has 9 heteroatoms. The monoisotopic (exact) mass is 453 g/mol. The zero-order valence-corrected chi connectivity index (χ0v) is 18.1. The first-order valence-corrected chi connectivity index (χ1v) is 11.5. The molecule has 0 unspecified atom stereocenters. The Morgan fingerprint density at radius 2 is 2.03 bits per heavy atom. The van der Waals surface area contributed by atoms with Crippen molar-refractivity contribution in [3.05, 3.63) is 70.3 Å². The quantitative estimate of drug-likeness (QED) is 0.511. The zero-order chi connectivity index (χ0) is 22.5. The second-order valence-electron chi connectivity index (χ2n) is 7.52. The number of nitrogens with one attached hydrogen (secondary N) is 1. The number of thioether (sulfide) groups is 1. The number of fused-ring (bicyclic) bond motifs is 2. The van der Waals surface area contributed by atoms with Crippen molar-refractivity contribution in [3.8, 4) is 5.75 Å². The van der Waals surface area contributed by atoms with E-state index >= 15 is 0 Å². The van der Waals surface area contributed by atoms with Crippen LogP contribution < -0.4 is 15.6 Å². The number of hydrogen-bond acceptors (Lipinski definition) is 6. The molecule has 0 fully saturated rings. The van der Waals surface area contributed by atoms with E-state index in [4.69, 9.17) is 4.74 Å². The molecular formula is C23H23N3O5S. The number of aliphatic carboxylic acids is 1. The van der Waals surface area contributed by atoms with Crippen LogP contribution in [0.1, 0.15) is 17.8 Å². The molecule has 32 heavy (non-hydrogen) atoms. The van der Waals surface area contributed by atoms with Crippen LogP contribution in [0, 0.1) is 0 Å². The van der Waals surface area contributed by atoms with Gasteiger partial charge in [0.15, 0.2) is 6.61 Å². The van der Waals surface area contributed by atoms with Gasteiger partial charge in [0, 0.05) is 24.5 Å². The third-order valence-corrected chi connectivity index (χ3v) is 6.29. The van der Waals surface area contributed by atoms with Crippen LogP contribution in [-0.4, -0.2) is 44.9 Å². The number of carbonyl (C=O) groups excluding carboxylic acids is 1. The van der Waals surface area contributed by atoms with Gasteiger partial charge >= 0.3 is 5.97 Å². The maximum absolute atomic E-state index is 12.7. The maximum Gasteiger partial charge on any atom is 0.327 e. The van der Waals surface area contributed by atoms with Crippen molar-refractivity contribution in [1.82, 2.24) is 14.9 Å². The predicted molar refractivity (Wildman–Crippen MR) is 122 cm³/mol. The van der Waals surface area contributed by atoms with E-state index in [1.807, 2.05) is 30.3 Å². The number of aromatic nitrogens is 2. The molecule has 0 bridgehead atoms. The number of hydrogen-bond donors (Lipinski definition) is 2. The van der Waals surface area contributed by atoms with Crippen LogP contribution in [-0.2, 0) is 28.3 Å². The van der Waals surface area contributed by atoms with Crippen molar-refractivity contribution in [1.29, 1.82) is 0 Å². The van der Waals surface area contributed by atoms with Crippen LogP contribution in [0.3, 0.4) is 0 Å². The van der Waals surface area contributed by atoms with Gasteiger partial charge in [-0.05, 0) is 30.2 Å². The molecule has 0 saturated carbocycles. The molecule has 2 heterocycles. The fourth-order valence-corrected chi connectivity index (χ4v) is 4.59. The number of amides is 1. The smallest absolute Gasteiger partial charge is 0.327 e. The number of carboxylic acid groups (broad SMARTS) is 1. The minimum absolute atomic E-state index is 0.112. The highest BCUT2D eigenvalue weighted by Crippen LogP contribution is 2.20. The second kappa shape index (κ2) is 9.86. The van der Waals surface area contributed by atoms with Gasteiger partial charge in [0.1, 0.15) is 17.6 Å². The molecule has 166 valence electrons. The first-order chi connectivity index (χ1) is 15.5. The van der Waals surface area contributed by atoms with E-state index in [0.717, 1.165) is 24.2 Å². The van der Waals surface area contributed by atoms with Gasteiger partial charge in [-0.15, -0.1) is 0 Å². The Kier molecular flexibility index (Phi) is 6.75. The second-order valence-corrected chi connectivity index (χ2v) is 8.55. The Morgan fingerprint density at radius 3 is 2.81 bits per heavy atom. The van der Waals surface area contributed by atoms with Gasteiger partial charge in [0.25, 0.3) is 11.5 Å². The van der Waals surface area contributed by atoms with Crippen molar-refractivity contribution in [2.75, 3.05) is 12.4 Å². The van der Waals surface area contributed by atoms with Crippen molar-refractivity contribution in [3.63, 3.8) is 0 Å². The number of benzene rings is 2. The summed E-state index contributed by atoms with van der Waals surface area (Å²) in [6.07, 6.45) is 1.69. The molecule has 1 atom stereocenters. The van der Waals surface area contributed by atoms with Crippen LogP contribution in [0.4, 0.5) is 0 Å². The van der Waals surface area contributed by atoms with E-state index < -0.39 is 17.9 Å². The first kappa shape index (κ1) is 21.9. The van der Waals surface area contributed by atoms with Gasteiger partial charge in [-0.1, -0.05) is 30.3 Å². The Balaban J connectivity index is 1.33. The predicted octanol–water partition coefficient (Wildman–Crippen LogP) is 2.22. The minimum Gasteiger partial charge on any atom is -0.484 e. The molecule has 1 aliphatic rings. The van der Waals surface area contributed by atoms with Crippen molar-refractivity contribution in [2.24, 2.45) is 0 Å². The van der Waals surface area contributed by atoms with Crippen molar-refractivity contribution in [2.45, 2.75) is 31.2 Å². The molecule has 2 N–H and O–H groups in total. The van der Waals surface area contributed by atoms with Crippen LogP contribution in [0.2, 0.25) is 0 Å². The van der Waals surface area contributed by atoms with Crippen molar-refractivity contribution >= 4 is 34.5 Å². The van der Waals surface area contributed by atoms with Gasteiger partial charge < -0.3 is 15.2 Å². The topological polar surface area (TPSA) is 111 Å². The lowest BCUT2D eigenvalue weighted by atomic mass is 10.2. The molecule has 1 amide bonds. The number of ether oxygens (including phenoxy) is 1. The van der Waals surface area contributed by atoms with Crippen LogP contribution >= 0.6 is 11.8 Å².